The molecule has 0 aliphatic carbocycles. The summed E-state index contributed by atoms with van der Waals surface area (Å²) in [5.41, 5.74) is 6.27. The number of rotatable bonds is 3. The van der Waals surface area contributed by atoms with Crippen LogP contribution in [0.3, 0.4) is 0 Å². The molecule has 1 fully saturated rings. The van der Waals surface area contributed by atoms with Crippen LogP contribution in [0.4, 0.5) is 13.9 Å². The summed E-state index contributed by atoms with van der Waals surface area (Å²) in [5, 5.41) is 0.551. The summed E-state index contributed by atoms with van der Waals surface area (Å²) >= 11 is 1.46. The van der Waals surface area contributed by atoms with Gasteiger partial charge in [0.05, 0.1) is 12.7 Å². The Morgan fingerprint density at radius 1 is 1.38 bits per heavy atom. The van der Waals surface area contributed by atoms with Crippen LogP contribution in [0.15, 0.2) is 24.4 Å². The largest absolute Gasteiger partial charge is 0.375 e. The van der Waals surface area contributed by atoms with E-state index in [1.165, 1.54) is 17.4 Å². The maximum absolute atomic E-state index is 13.3. The Morgan fingerprint density at radius 2 is 2.24 bits per heavy atom. The molecule has 0 saturated carbocycles. The Labute approximate surface area is 125 Å². The first-order valence-corrected chi connectivity index (χ1v) is 7.42. The fourth-order valence-electron chi connectivity index (χ4n) is 2.38. The van der Waals surface area contributed by atoms with Crippen LogP contribution < -0.4 is 5.73 Å². The fraction of sp³-hybridized carbons (Fsp3) is 0.357. The van der Waals surface area contributed by atoms with Crippen molar-refractivity contribution in [3.05, 3.63) is 46.5 Å². The second-order valence-electron chi connectivity index (χ2n) is 4.93. The van der Waals surface area contributed by atoms with E-state index < -0.39 is 11.6 Å². The molecule has 0 radical (unpaired) electrons. The number of benzene rings is 1. The summed E-state index contributed by atoms with van der Waals surface area (Å²) in [5.74, 6) is -1.69. The number of morpholine rings is 1. The topological polar surface area (TPSA) is 51.4 Å². The fourth-order valence-corrected chi connectivity index (χ4v) is 3.10. The molecule has 0 amide bonds. The van der Waals surface area contributed by atoms with Gasteiger partial charge in [0.1, 0.15) is 0 Å². The average molecular weight is 311 g/mol. The second-order valence-corrected chi connectivity index (χ2v) is 6.08. The first-order chi connectivity index (χ1) is 10.1. The quantitative estimate of drug-likeness (QED) is 0.946. The minimum Gasteiger partial charge on any atom is -0.375 e. The number of anilines is 1. The van der Waals surface area contributed by atoms with Gasteiger partial charge < -0.3 is 10.5 Å². The Bertz CT molecular complexity index is 634. The van der Waals surface area contributed by atoms with Crippen LogP contribution in [0.1, 0.15) is 16.5 Å². The van der Waals surface area contributed by atoms with Gasteiger partial charge in [-0.1, -0.05) is 6.07 Å². The van der Waals surface area contributed by atoms with E-state index in [0.29, 0.717) is 23.8 Å². The van der Waals surface area contributed by atoms with Crippen molar-refractivity contribution >= 4 is 16.5 Å². The number of nitrogen functional groups attached to an aromatic ring is 1. The molecule has 1 unspecified atom stereocenters. The van der Waals surface area contributed by atoms with Crippen molar-refractivity contribution in [1.29, 1.82) is 0 Å². The van der Waals surface area contributed by atoms with E-state index in [9.17, 15) is 8.78 Å². The lowest BCUT2D eigenvalue weighted by atomic mass is 10.1. The lowest BCUT2D eigenvalue weighted by Crippen LogP contribution is -2.37. The predicted molar refractivity (Wildman–Crippen MR) is 76.9 cm³/mol. The molecular weight excluding hydrogens is 296 g/mol. The number of nitrogens with zero attached hydrogens (tertiary/aromatic N) is 2. The number of aromatic nitrogens is 1. The molecule has 2 heterocycles. The Morgan fingerprint density at radius 3 is 2.95 bits per heavy atom. The van der Waals surface area contributed by atoms with Crippen molar-refractivity contribution in [1.82, 2.24) is 9.88 Å². The van der Waals surface area contributed by atoms with Gasteiger partial charge in [0.15, 0.2) is 16.8 Å². The highest BCUT2D eigenvalue weighted by Gasteiger charge is 2.23. The molecule has 1 aliphatic heterocycles. The van der Waals surface area contributed by atoms with Crippen LogP contribution in [0.25, 0.3) is 0 Å². The van der Waals surface area contributed by atoms with E-state index in [1.807, 2.05) is 0 Å². The summed E-state index contributed by atoms with van der Waals surface area (Å²) in [6.45, 7) is 2.71. The highest BCUT2D eigenvalue weighted by Crippen LogP contribution is 2.25. The summed E-state index contributed by atoms with van der Waals surface area (Å²) < 4.78 is 32.0. The van der Waals surface area contributed by atoms with Crippen molar-refractivity contribution in [3.8, 4) is 0 Å². The number of ether oxygens (including phenoxy) is 1. The van der Waals surface area contributed by atoms with Crippen molar-refractivity contribution in [2.45, 2.75) is 12.6 Å². The van der Waals surface area contributed by atoms with Crippen LogP contribution >= 0.6 is 11.3 Å². The molecule has 21 heavy (non-hydrogen) atoms. The molecular formula is C14H15F2N3OS. The third-order valence-corrected chi connectivity index (χ3v) is 4.23. The standard InChI is InChI=1S/C14H15F2N3OS/c15-11-2-1-9(5-12(11)16)13-8-19(3-4-20-13)7-10-6-18-14(17)21-10/h1-2,5-6,13H,3-4,7-8H2,(H2,17,18). The predicted octanol–water partition coefficient (Wildman–Crippen LogP) is 2.58. The van der Waals surface area contributed by atoms with Gasteiger partial charge in [-0.05, 0) is 17.7 Å². The zero-order chi connectivity index (χ0) is 14.8. The molecule has 1 aromatic heterocycles. The van der Waals surface area contributed by atoms with E-state index >= 15 is 0 Å². The highest BCUT2D eigenvalue weighted by atomic mass is 32.1. The molecule has 3 rings (SSSR count). The highest BCUT2D eigenvalue weighted by molar-refractivity contribution is 7.15. The molecule has 2 aromatic rings. The van der Waals surface area contributed by atoms with E-state index in [-0.39, 0.29) is 6.10 Å². The van der Waals surface area contributed by atoms with E-state index in [1.54, 1.807) is 12.3 Å². The smallest absolute Gasteiger partial charge is 0.180 e. The molecule has 112 valence electrons. The van der Waals surface area contributed by atoms with Crippen LogP contribution in [0.5, 0.6) is 0 Å². The van der Waals surface area contributed by atoms with Gasteiger partial charge in [0, 0.05) is 30.7 Å². The Kier molecular flexibility index (Phi) is 4.14. The third kappa shape index (κ3) is 3.37. The number of hydrogen-bond acceptors (Lipinski definition) is 5. The lowest BCUT2D eigenvalue weighted by Gasteiger charge is -2.32. The van der Waals surface area contributed by atoms with Crippen molar-refractivity contribution in [3.63, 3.8) is 0 Å². The molecule has 1 aromatic carbocycles. The molecule has 0 bridgehead atoms. The molecule has 1 saturated heterocycles. The molecule has 7 heteroatoms. The van der Waals surface area contributed by atoms with Gasteiger partial charge in [-0.2, -0.15) is 0 Å². The number of thiazole rings is 1. The van der Waals surface area contributed by atoms with Crippen molar-refractivity contribution in [2.75, 3.05) is 25.4 Å². The molecule has 2 N–H and O–H groups in total. The summed E-state index contributed by atoms with van der Waals surface area (Å²) in [6.07, 6.45) is 1.52. The van der Waals surface area contributed by atoms with Gasteiger partial charge >= 0.3 is 0 Å². The zero-order valence-electron chi connectivity index (χ0n) is 11.3. The van der Waals surface area contributed by atoms with E-state index in [2.05, 4.69) is 9.88 Å². The SMILES string of the molecule is Nc1ncc(CN2CCOC(c3ccc(F)c(F)c3)C2)s1. The van der Waals surface area contributed by atoms with E-state index in [4.69, 9.17) is 10.5 Å². The van der Waals surface area contributed by atoms with E-state index in [0.717, 1.165) is 24.0 Å². The molecule has 1 aliphatic rings. The van der Waals surface area contributed by atoms with Crippen molar-refractivity contribution < 1.29 is 13.5 Å². The van der Waals surface area contributed by atoms with Crippen LogP contribution in [0, 0.1) is 11.6 Å². The first-order valence-electron chi connectivity index (χ1n) is 6.61. The van der Waals surface area contributed by atoms with Gasteiger partial charge in [-0.15, -0.1) is 11.3 Å². The number of halogens is 2. The summed E-state index contributed by atoms with van der Waals surface area (Å²) in [6, 6.07) is 3.91. The van der Waals surface area contributed by atoms with Gasteiger partial charge in [0.2, 0.25) is 0 Å². The minimum absolute atomic E-state index is 0.251. The van der Waals surface area contributed by atoms with Crippen molar-refractivity contribution in [2.24, 2.45) is 0 Å². The molecule has 0 spiro atoms. The monoisotopic (exact) mass is 311 g/mol. The maximum atomic E-state index is 13.3. The molecule has 4 nitrogen and oxygen atoms in total. The Hall–Kier alpha value is -1.57. The number of hydrogen-bond donors (Lipinski definition) is 1. The lowest BCUT2D eigenvalue weighted by molar-refractivity contribution is -0.0328. The zero-order valence-corrected chi connectivity index (χ0v) is 12.1. The normalized spacial score (nSPS) is 19.8. The maximum Gasteiger partial charge on any atom is 0.180 e. The third-order valence-electron chi connectivity index (χ3n) is 3.42. The second kappa shape index (κ2) is 6.05. The van der Waals surface area contributed by atoms with Gasteiger partial charge in [-0.25, -0.2) is 13.8 Å². The van der Waals surface area contributed by atoms with Crippen LogP contribution in [-0.4, -0.2) is 29.6 Å². The van der Waals surface area contributed by atoms with Gasteiger partial charge in [-0.3, -0.25) is 4.90 Å². The Balaban J connectivity index is 1.68. The molecule has 1 atom stereocenters. The minimum atomic E-state index is -0.844. The van der Waals surface area contributed by atoms with Crippen LogP contribution in [-0.2, 0) is 11.3 Å². The average Bonchev–Trinajstić information content (AvgIpc) is 2.87. The summed E-state index contributed by atoms with van der Waals surface area (Å²) in [4.78, 5) is 7.31. The first kappa shape index (κ1) is 14.4. The van der Waals surface area contributed by atoms with Gasteiger partial charge in [0.25, 0.3) is 0 Å². The van der Waals surface area contributed by atoms with Crippen LogP contribution in [0.2, 0.25) is 0 Å². The summed E-state index contributed by atoms with van der Waals surface area (Å²) in [7, 11) is 0. The number of nitrogens with two attached hydrogens (primary N) is 1.